The van der Waals surface area contributed by atoms with Gasteiger partial charge in [-0.2, -0.15) is 0 Å². The number of hydrogen-bond donors (Lipinski definition) is 1. The maximum atomic E-state index is 6.12. The van der Waals surface area contributed by atoms with Crippen LogP contribution < -0.4 is 10.5 Å². The standard InChI is InChI=1S/C12H13ClN2OS/c1-8(14)9-2-3-12(11(13)4-9)16-5-10-6-17-7-15-10/h2-4,6-8H,5,14H2,1H3/t8-/m0/s1. The molecule has 2 aromatic rings. The van der Waals surface area contributed by atoms with Gasteiger partial charge in [-0.3, -0.25) is 0 Å². The molecule has 1 aromatic heterocycles. The number of ether oxygens (including phenoxy) is 1. The van der Waals surface area contributed by atoms with Crippen LogP contribution in [0.3, 0.4) is 0 Å². The van der Waals surface area contributed by atoms with Crippen LogP contribution in [0.5, 0.6) is 5.75 Å². The molecule has 1 atom stereocenters. The predicted molar refractivity (Wildman–Crippen MR) is 70.5 cm³/mol. The van der Waals surface area contributed by atoms with Crippen molar-refractivity contribution in [2.45, 2.75) is 19.6 Å². The zero-order chi connectivity index (χ0) is 12.3. The molecule has 2 rings (SSSR count). The van der Waals surface area contributed by atoms with Gasteiger partial charge >= 0.3 is 0 Å². The van der Waals surface area contributed by atoms with E-state index in [9.17, 15) is 0 Å². The van der Waals surface area contributed by atoms with E-state index in [-0.39, 0.29) is 6.04 Å². The fourth-order valence-corrected chi connectivity index (χ4v) is 2.16. The maximum Gasteiger partial charge on any atom is 0.138 e. The lowest BCUT2D eigenvalue weighted by molar-refractivity contribution is 0.302. The van der Waals surface area contributed by atoms with Gasteiger partial charge in [0, 0.05) is 11.4 Å². The van der Waals surface area contributed by atoms with Crippen molar-refractivity contribution < 1.29 is 4.74 Å². The van der Waals surface area contributed by atoms with Gasteiger partial charge in [0.1, 0.15) is 12.4 Å². The second kappa shape index (κ2) is 5.49. The van der Waals surface area contributed by atoms with Crippen LogP contribution in [0.1, 0.15) is 24.2 Å². The van der Waals surface area contributed by atoms with Gasteiger partial charge in [-0.25, -0.2) is 4.98 Å². The summed E-state index contributed by atoms with van der Waals surface area (Å²) in [4.78, 5) is 4.14. The summed E-state index contributed by atoms with van der Waals surface area (Å²) in [6.45, 7) is 2.35. The van der Waals surface area contributed by atoms with Gasteiger partial charge in [-0.05, 0) is 24.6 Å². The van der Waals surface area contributed by atoms with Crippen LogP contribution in [0.4, 0.5) is 0 Å². The quantitative estimate of drug-likeness (QED) is 0.925. The molecule has 5 heteroatoms. The Morgan fingerprint density at radius 3 is 2.94 bits per heavy atom. The Kier molecular flexibility index (Phi) is 3.99. The topological polar surface area (TPSA) is 48.1 Å². The second-order valence-corrected chi connectivity index (χ2v) is 4.87. The summed E-state index contributed by atoms with van der Waals surface area (Å²) < 4.78 is 5.59. The molecule has 0 unspecified atom stereocenters. The Morgan fingerprint density at radius 1 is 1.53 bits per heavy atom. The number of benzene rings is 1. The lowest BCUT2D eigenvalue weighted by Crippen LogP contribution is -2.05. The van der Waals surface area contributed by atoms with E-state index in [1.807, 2.05) is 30.5 Å². The Morgan fingerprint density at radius 2 is 2.35 bits per heavy atom. The second-order valence-electron chi connectivity index (χ2n) is 3.75. The molecule has 0 saturated carbocycles. The summed E-state index contributed by atoms with van der Waals surface area (Å²) in [5.74, 6) is 0.657. The first kappa shape index (κ1) is 12.4. The Balaban J connectivity index is 2.06. The van der Waals surface area contributed by atoms with Crippen molar-refractivity contribution in [2.75, 3.05) is 0 Å². The van der Waals surface area contributed by atoms with E-state index in [2.05, 4.69) is 4.98 Å². The van der Waals surface area contributed by atoms with Gasteiger partial charge in [-0.1, -0.05) is 17.7 Å². The summed E-state index contributed by atoms with van der Waals surface area (Å²) in [6.07, 6.45) is 0. The van der Waals surface area contributed by atoms with Gasteiger partial charge in [0.05, 0.1) is 16.2 Å². The molecule has 1 aromatic carbocycles. The summed E-state index contributed by atoms with van der Waals surface area (Å²) in [6, 6.07) is 5.57. The highest BCUT2D eigenvalue weighted by Gasteiger charge is 2.06. The van der Waals surface area contributed by atoms with Crippen LogP contribution in [-0.4, -0.2) is 4.98 Å². The number of halogens is 1. The van der Waals surface area contributed by atoms with E-state index in [4.69, 9.17) is 22.1 Å². The third-order valence-corrected chi connectivity index (χ3v) is 3.27. The zero-order valence-electron chi connectivity index (χ0n) is 9.39. The molecule has 90 valence electrons. The van der Waals surface area contributed by atoms with Crippen molar-refractivity contribution in [3.63, 3.8) is 0 Å². The van der Waals surface area contributed by atoms with Crippen molar-refractivity contribution in [1.82, 2.24) is 4.98 Å². The van der Waals surface area contributed by atoms with Crippen LogP contribution in [-0.2, 0) is 6.61 Å². The third kappa shape index (κ3) is 3.19. The molecular formula is C12H13ClN2OS. The molecule has 2 N–H and O–H groups in total. The minimum atomic E-state index is -0.0277. The van der Waals surface area contributed by atoms with E-state index < -0.39 is 0 Å². The lowest BCUT2D eigenvalue weighted by Gasteiger charge is -2.10. The predicted octanol–water partition coefficient (Wildman–Crippen LogP) is 3.40. The van der Waals surface area contributed by atoms with Crippen molar-refractivity contribution in [3.05, 3.63) is 45.4 Å². The fourth-order valence-electron chi connectivity index (χ4n) is 1.38. The molecule has 0 aliphatic heterocycles. The van der Waals surface area contributed by atoms with E-state index >= 15 is 0 Å². The number of aromatic nitrogens is 1. The Labute approximate surface area is 109 Å². The summed E-state index contributed by atoms with van der Waals surface area (Å²) in [7, 11) is 0. The molecule has 0 radical (unpaired) electrons. The van der Waals surface area contributed by atoms with Gasteiger partial charge in [0.2, 0.25) is 0 Å². The lowest BCUT2D eigenvalue weighted by atomic mass is 10.1. The van der Waals surface area contributed by atoms with Crippen molar-refractivity contribution in [1.29, 1.82) is 0 Å². The van der Waals surface area contributed by atoms with E-state index in [1.165, 1.54) is 0 Å². The van der Waals surface area contributed by atoms with E-state index in [0.29, 0.717) is 17.4 Å². The molecule has 1 heterocycles. The minimum Gasteiger partial charge on any atom is -0.486 e. The Hall–Kier alpha value is -1.10. The molecule has 0 bridgehead atoms. The molecular weight excluding hydrogens is 256 g/mol. The SMILES string of the molecule is C[C@H](N)c1ccc(OCc2cscn2)c(Cl)c1. The average Bonchev–Trinajstić information content (AvgIpc) is 2.80. The molecule has 0 amide bonds. The molecule has 0 aliphatic rings. The van der Waals surface area contributed by atoms with Crippen molar-refractivity contribution in [2.24, 2.45) is 5.73 Å². The number of rotatable bonds is 4. The normalized spacial score (nSPS) is 12.4. The minimum absolute atomic E-state index is 0.0277. The van der Waals surface area contributed by atoms with Gasteiger partial charge in [0.15, 0.2) is 0 Å². The highest BCUT2D eigenvalue weighted by molar-refractivity contribution is 7.07. The monoisotopic (exact) mass is 268 g/mol. The van der Waals surface area contributed by atoms with E-state index in [0.717, 1.165) is 11.3 Å². The number of thiazole rings is 1. The number of nitrogens with two attached hydrogens (primary N) is 1. The zero-order valence-corrected chi connectivity index (χ0v) is 11.0. The summed E-state index contributed by atoms with van der Waals surface area (Å²) in [5.41, 5.74) is 9.45. The summed E-state index contributed by atoms with van der Waals surface area (Å²) >= 11 is 7.66. The maximum absolute atomic E-state index is 6.12. The molecule has 0 spiro atoms. The van der Waals surface area contributed by atoms with Crippen LogP contribution in [0.15, 0.2) is 29.1 Å². The smallest absolute Gasteiger partial charge is 0.138 e. The van der Waals surface area contributed by atoms with Gasteiger partial charge in [0.25, 0.3) is 0 Å². The third-order valence-electron chi connectivity index (χ3n) is 2.34. The van der Waals surface area contributed by atoms with Crippen molar-refractivity contribution in [3.8, 4) is 5.75 Å². The first-order valence-electron chi connectivity index (χ1n) is 5.21. The highest BCUT2D eigenvalue weighted by atomic mass is 35.5. The molecule has 0 saturated heterocycles. The molecule has 3 nitrogen and oxygen atoms in total. The van der Waals surface area contributed by atoms with E-state index in [1.54, 1.807) is 16.8 Å². The first-order chi connectivity index (χ1) is 8.16. The molecule has 0 aliphatic carbocycles. The Bertz CT molecular complexity index is 485. The van der Waals surface area contributed by atoms with Crippen LogP contribution in [0.2, 0.25) is 5.02 Å². The largest absolute Gasteiger partial charge is 0.486 e. The number of hydrogen-bond acceptors (Lipinski definition) is 4. The fraction of sp³-hybridized carbons (Fsp3) is 0.250. The average molecular weight is 269 g/mol. The highest BCUT2D eigenvalue weighted by Crippen LogP contribution is 2.27. The van der Waals surface area contributed by atoms with Crippen molar-refractivity contribution >= 4 is 22.9 Å². The summed E-state index contributed by atoms with van der Waals surface area (Å²) in [5, 5.41) is 2.53. The molecule has 17 heavy (non-hydrogen) atoms. The number of nitrogens with zero attached hydrogens (tertiary/aromatic N) is 1. The molecule has 0 fully saturated rings. The van der Waals surface area contributed by atoms with Gasteiger partial charge < -0.3 is 10.5 Å². The van der Waals surface area contributed by atoms with Gasteiger partial charge in [-0.15, -0.1) is 11.3 Å². The van der Waals surface area contributed by atoms with Crippen LogP contribution >= 0.6 is 22.9 Å². The van der Waals surface area contributed by atoms with Crippen LogP contribution in [0, 0.1) is 0 Å². The first-order valence-corrected chi connectivity index (χ1v) is 6.54. The van der Waals surface area contributed by atoms with Crippen LogP contribution in [0.25, 0.3) is 0 Å².